The fourth-order valence-corrected chi connectivity index (χ4v) is 3.54. The lowest BCUT2D eigenvalue weighted by Crippen LogP contribution is -2.40. The third-order valence-electron chi connectivity index (χ3n) is 3.28. The third kappa shape index (κ3) is 4.07. The Morgan fingerprint density at radius 2 is 1.95 bits per heavy atom. The Kier molecular flexibility index (Phi) is 5.28. The molecule has 1 N–H and O–H groups in total. The highest BCUT2D eigenvalue weighted by Crippen LogP contribution is 2.24. The van der Waals surface area contributed by atoms with E-state index in [1.165, 1.54) is 30.8 Å². The van der Waals surface area contributed by atoms with Crippen LogP contribution in [0.4, 0.5) is 5.95 Å². The molecule has 0 bridgehead atoms. The Hall–Kier alpha value is -0.370. The van der Waals surface area contributed by atoms with Crippen molar-refractivity contribution in [2.45, 2.75) is 57.7 Å². The maximum atomic E-state index is 12.1. The summed E-state index contributed by atoms with van der Waals surface area (Å²) in [6.07, 6.45) is 3.74. The summed E-state index contributed by atoms with van der Waals surface area (Å²) >= 11 is 0.316. The van der Waals surface area contributed by atoms with Crippen LogP contribution in [0.2, 0.25) is 0 Å². The topological polar surface area (TPSA) is 64.1 Å². The van der Waals surface area contributed by atoms with Crippen LogP contribution in [0.3, 0.4) is 0 Å². The van der Waals surface area contributed by atoms with E-state index in [0.717, 1.165) is 24.0 Å². The number of hydrogen-bond donors (Lipinski definition) is 1. The van der Waals surface area contributed by atoms with Crippen molar-refractivity contribution >= 4 is 28.8 Å². The average Bonchev–Trinajstić information content (AvgIpc) is 2.88. The predicted molar refractivity (Wildman–Crippen MR) is 85.4 cm³/mol. The second-order valence-corrected chi connectivity index (χ2v) is 8.98. The van der Waals surface area contributed by atoms with Gasteiger partial charge in [-0.15, -0.1) is 4.72 Å². The van der Waals surface area contributed by atoms with E-state index in [-0.39, 0.29) is 10.8 Å². The van der Waals surface area contributed by atoms with E-state index in [1.807, 2.05) is 27.7 Å². The third-order valence-corrected chi connectivity index (χ3v) is 5.85. The van der Waals surface area contributed by atoms with Gasteiger partial charge in [-0.25, -0.2) is 4.98 Å². The first-order valence-corrected chi connectivity index (χ1v) is 9.07. The number of nitrogens with zero attached hydrogens (tertiary/aromatic N) is 3. The molecule has 0 amide bonds. The zero-order valence-corrected chi connectivity index (χ0v) is 14.3. The molecule has 0 saturated carbocycles. The molecule has 1 aromatic rings. The summed E-state index contributed by atoms with van der Waals surface area (Å²) in [6.45, 7) is 9.97. The minimum Gasteiger partial charge on any atom is -0.598 e. The van der Waals surface area contributed by atoms with Crippen molar-refractivity contribution in [1.29, 1.82) is 0 Å². The van der Waals surface area contributed by atoms with Crippen LogP contribution in [0, 0.1) is 0 Å². The molecule has 1 fully saturated rings. The van der Waals surface area contributed by atoms with Crippen molar-refractivity contribution in [1.82, 2.24) is 14.1 Å². The zero-order valence-electron chi connectivity index (χ0n) is 12.7. The first kappa shape index (κ1) is 16.0. The van der Waals surface area contributed by atoms with Gasteiger partial charge in [-0.2, -0.15) is 4.37 Å². The summed E-state index contributed by atoms with van der Waals surface area (Å²) in [5, 5.41) is 0.906. The molecular weight excluding hydrogens is 292 g/mol. The van der Waals surface area contributed by atoms with E-state index in [1.54, 1.807) is 0 Å². The first-order chi connectivity index (χ1) is 9.38. The number of aromatic nitrogens is 2. The molecule has 0 aliphatic carbocycles. The quantitative estimate of drug-likeness (QED) is 0.865. The summed E-state index contributed by atoms with van der Waals surface area (Å²) in [7, 11) is 0. The van der Waals surface area contributed by atoms with Gasteiger partial charge in [-0.3, -0.25) is 0 Å². The molecular formula is C13H24N4OS2. The lowest BCUT2D eigenvalue weighted by molar-refractivity contribution is 0.530. The minimum absolute atomic E-state index is 0.0360. The van der Waals surface area contributed by atoms with E-state index in [0.29, 0.717) is 0 Å². The van der Waals surface area contributed by atoms with Crippen molar-refractivity contribution in [2.75, 3.05) is 18.0 Å². The lowest BCUT2D eigenvalue weighted by Gasteiger charge is -2.26. The molecule has 20 heavy (non-hydrogen) atoms. The van der Waals surface area contributed by atoms with Gasteiger partial charge in [-0.05, 0) is 58.5 Å². The largest absolute Gasteiger partial charge is 0.598 e. The van der Waals surface area contributed by atoms with Crippen LogP contribution in [0.5, 0.6) is 0 Å². The van der Waals surface area contributed by atoms with Gasteiger partial charge in [0.15, 0.2) is 0 Å². The minimum atomic E-state index is -1.09. The molecule has 1 aliphatic heterocycles. The molecule has 5 nitrogen and oxygen atoms in total. The molecule has 114 valence electrons. The van der Waals surface area contributed by atoms with Crippen LogP contribution >= 0.6 is 11.5 Å². The number of hydrogen-bond acceptors (Lipinski definition) is 6. The van der Waals surface area contributed by atoms with Crippen LogP contribution in [-0.2, 0) is 11.4 Å². The Balaban J connectivity index is 1.97. The van der Waals surface area contributed by atoms with Gasteiger partial charge in [0.1, 0.15) is 15.8 Å². The maximum Gasteiger partial charge on any atom is 0.237 e. The van der Waals surface area contributed by atoms with Crippen molar-refractivity contribution in [3.05, 3.63) is 5.01 Å². The normalized spacial score (nSPS) is 19.9. The number of piperidine rings is 1. The molecule has 1 aromatic heterocycles. The second kappa shape index (κ2) is 6.60. The highest BCUT2D eigenvalue weighted by molar-refractivity contribution is 7.90. The predicted octanol–water partition coefficient (Wildman–Crippen LogP) is 2.64. The van der Waals surface area contributed by atoms with Gasteiger partial charge >= 0.3 is 0 Å². The van der Waals surface area contributed by atoms with Crippen LogP contribution in [0.15, 0.2) is 0 Å². The summed E-state index contributed by atoms with van der Waals surface area (Å²) in [5.41, 5.74) is 0. The van der Waals surface area contributed by atoms with Crippen molar-refractivity contribution in [3.8, 4) is 0 Å². The van der Waals surface area contributed by atoms with Gasteiger partial charge in [-0.1, -0.05) is 0 Å². The summed E-state index contributed by atoms with van der Waals surface area (Å²) in [4.78, 5) is 6.85. The molecule has 1 aliphatic rings. The average molecular weight is 316 g/mol. The molecule has 2 rings (SSSR count). The number of nitrogens with one attached hydrogen (secondary N) is 1. The number of anilines is 1. The van der Waals surface area contributed by atoms with Crippen LogP contribution in [0.25, 0.3) is 0 Å². The molecule has 1 saturated heterocycles. The van der Waals surface area contributed by atoms with E-state index in [4.69, 9.17) is 0 Å². The highest BCUT2D eigenvalue weighted by atomic mass is 32.2. The Morgan fingerprint density at radius 1 is 1.30 bits per heavy atom. The van der Waals surface area contributed by atoms with Crippen LogP contribution in [-0.4, -0.2) is 31.7 Å². The van der Waals surface area contributed by atoms with Crippen LogP contribution < -0.4 is 9.62 Å². The van der Waals surface area contributed by atoms with E-state index in [9.17, 15) is 4.55 Å². The summed E-state index contributed by atoms with van der Waals surface area (Å²) in [6, 6.07) is -0.0360. The van der Waals surface area contributed by atoms with E-state index >= 15 is 0 Å². The summed E-state index contributed by atoms with van der Waals surface area (Å²) in [5.74, 6) is 0.833. The monoisotopic (exact) mass is 316 g/mol. The number of rotatable bonds is 4. The van der Waals surface area contributed by atoms with Crippen LogP contribution in [0.1, 0.15) is 58.0 Å². The standard InChI is InChI=1S/C13H24N4OS2/c1-10(16-20(18)13(2,3)4)11-14-12(15-19-11)17-8-6-5-7-9-17/h10,16H,5-9H2,1-4H3/t10-,20+/m1/s1. The maximum absolute atomic E-state index is 12.1. The fraction of sp³-hybridized carbons (Fsp3) is 0.846. The molecule has 0 radical (unpaired) electrons. The Bertz CT molecular complexity index is 426. The zero-order chi connectivity index (χ0) is 14.8. The van der Waals surface area contributed by atoms with Gasteiger partial charge in [0, 0.05) is 24.5 Å². The van der Waals surface area contributed by atoms with Crippen molar-refractivity contribution in [3.63, 3.8) is 0 Å². The highest BCUT2D eigenvalue weighted by Gasteiger charge is 2.29. The van der Waals surface area contributed by atoms with Gasteiger partial charge < -0.3 is 9.45 Å². The van der Waals surface area contributed by atoms with Gasteiger partial charge in [0.25, 0.3) is 0 Å². The van der Waals surface area contributed by atoms with E-state index in [2.05, 4.69) is 19.0 Å². The fourth-order valence-electron chi connectivity index (χ4n) is 2.01. The Labute approximate surface area is 128 Å². The molecule has 2 atom stereocenters. The molecule has 7 heteroatoms. The Morgan fingerprint density at radius 3 is 2.55 bits per heavy atom. The SMILES string of the molecule is C[C@@H](N[S@@+]([O-])C(C)(C)C)c1nc(N2CCCCC2)ns1. The molecule has 2 heterocycles. The molecule has 0 unspecified atom stereocenters. The summed E-state index contributed by atoms with van der Waals surface area (Å²) < 4.78 is 19.4. The lowest BCUT2D eigenvalue weighted by atomic mass is 10.1. The molecule has 0 aromatic carbocycles. The smallest absolute Gasteiger partial charge is 0.237 e. The first-order valence-electron chi connectivity index (χ1n) is 7.14. The van der Waals surface area contributed by atoms with Crippen molar-refractivity contribution in [2.24, 2.45) is 0 Å². The van der Waals surface area contributed by atoms with E-state index < -0.39 is 11.4 Å². The van der Waals surface area contributed by atoms with Gasteiger partial charge in [0.05, 0.1) is 0 Å². The van der Waals surface area contributed by atoms with Gasteiger partial charge in [0.2, 0.25) is 5.95 Å². The molecule has 0 spiro atoms. The van der Waals surface area contributed by atoms with Crippen molar-refractivity contribution < 1.29 is 4.55 Å². The second-order valence-electron chi connectivity index (χ2n) is 6.20.